The first-order valence-electron chi connectivity index (χ1n) is 8.61. The fourth-order valence-corrected chi connectivity index (χ4v) is 4.87. The minimum Gasteiger partial charge on any atom is -0.480 e. The zero-order valence-corrected chi connectivity index (χ0v) is 15.9. The highest BCUT2D eigenvalue weighted by Gasteiger charge is 2.57. The molecule has 0 bridgehead atoms. The van der Waals surface area contributed by atoms with E-state index in [1.165, 1.54) is 0 Å². The van der Waals surface area contributed by atoms with E-state index in [1.54, 1.807) is 13.8 Å². The van der Waals surface area contributed by atoms with Gasteiger partial charge in [-0.1, -0.05) is 6.42 Å². The third-order valence-electron chi connectivity index (χ3n) is 5.62. The molecule has 0 unspecified atom stereocenters. The Morgan fingerprint density at radius 3 is 2.38 bits per heavy atom. The van der Waals surface area contributed by atoms with Crippen LogP contribution in [0.3, 0.4) is 0 Å². The van der Waals surface area contributed by atoms with Crippen molar-refractivity contribution >= 4 is 23.4 Å². The summed E-state index contributed by atoms with van der Waals surface area (Å²) in [5.74, 6) is -1.98. The molecule has 1 heterocycles. The van der Waals surface area contributed by atoms with Crippen molar-refractivity contribution < 1.29 is 32.5 Å². The number of hydrogen-bond donors (Lipinski definition) is 5. The van der Waals surface area contributed by atoms with E-state index in [9.17, 15) is 18.3 Å². The number of rotatable bonds is 9. The number of carboxylic acid groups (broad SMARTS) is 1. The number of hydrogen-bond acceptors (Lipinski definition) is 8. The van der Waals surface area contributed by atoms with Gasteiger partial charge in [-0.3, -0.25) is 4.79 Å². The fourth-order valence-electron chi connectivity index (χ4n) is 3.34. The summed E-state index contributed by atoms with van der Waals surface area (Å²) < 4.78 is 31.6. The summed E-state index contributed by atoms with van der Waals surface area (Å²) in [6, 6.07) is 0. The number of carboxylic acids is 1. The Hall–Kier alpha value is -0.755. The van der Waals surface area contributed by atoms with Crippen LogP contribution in [0, 0.1) is 5.92 Å². The molecular formula is C14H28BN3O7S. The van der Waals surface area contributed by atoms with Crippen LogP contribution < -0.4 is 11.5 Å². The Bertz CT molecular complexity index is 653. The third kappa shape index (κ3) is 4.21. The first-order valence-corrected chi connectivity index (χ1v) is 9.98. The molecule has 0 aromatic heterocycles. The summed E-state index contributed by atoms with van der Waals surface area (Å²) in [6.45, 7) is 2.67. The van der Waals surface area contributed by atoms with E-state index in [4.69, 9.17) is 25.7 Å². The molecule has 7 N–H and O–H groups in total. The highest BCUT2D eigenvalue weighted by atomic mass is 32.2. The van der Waals surface area contributed by atoms with Crippen LogP contribution in [0.1, 0.15) is 39.5 Å². The van der Waals surface area contributed by atoms with Crippen molar-refractivity contribution in [2.75, 3.05) is 13.1 Å². The Balaban J connectivity index is 2.13. The number of nitrogens with two attached hydrogens (primary N) is 2. The Labute approximate surface area is 153 Å². The molecule has 2 fully saturated rings. The van der Waals surface area contributed by atoms with Gasteiger partial charge in [-0.15, -0.1) is 0 Å². The zero-order chi connectivity index (χ0) is 20.0. The van der Waals surface area contributed by atoms with Crippen LogP contribution in [0.5, 0.6) is 0 Å². The van der Waals surface area contributed by atoms with Gasteiger partial charge in [0.25, 0.3) is 0 Å². The lowest BCUT2D eigenvalue weighted by atomic mass is 9.78. The second-order valence-corrected chi connectivity index (χ2v) is 9.49. The van der Waals surface area contributed by atoms with Gasteiger partial charge in [0.15, 0.2) is 0 Å². The molecular weight excluding hydrogens is 365 g/mol. The van der Waals surface area contributed by atoms with E-state index in [0.717, 1.165) is 4.31 Å². The summed E-state index contributed by atoms with van der Waals surface area (Å²) in [6.07, 6.45) is 1.91. The van der Waals surface area contributed by atoms with Crippen molar-refractivity contribution in [3.63, 3.8) is 0 Å². The summed E-state index contributed by atoms with van der Waals surface area (Å²) in [7, 11) is -5.73. The van der Waals surface area contributed by atoms with Crippen molar-refractivity contribution in [1.29, 1.82) is 0 Å². The molecule has 1 saturated carbocycles. The molecule has 0 amide bonds. The first-order chi connectivity index (χ1) is 11.7. The second kappa shape index (κ2) is 7.00. The average Bonchev–Trinajstić information content (AvgIpc) is 3.13. The lowest BCUT2D eigenvalue weighted by Gasteiger charge is -2.32. The molecule has 0 aromatic carbocycles. The van der Waals surface area contributed by atoms with Crippen LogP contribution in [0.2, 0.25) is 6.32 Å². The van der Waals surface area contributed by atoms with Gasteiger partial charge in [0.1, 0.15) is 11.1 Å². The SMILES string of the molecule is CC(C)(OS(=O)(=O)N1C[C@H](CCCB(O)O)[C@](N)(C(=O)O)C1)C1(N)CC1. The van der Waals surface area contributed by atoms with Gasteiger partial charge in [-0.25, -0.2) is 4.18 Å². The molecule has 150 valence electrons. The molecule has 12 heteroatoms. The maximum Gasteiger partial charge on any atom is 0.451 e. The van der Waals surface area contributed by atoms with Crippen molar-refractivity contribution in [1.82, 2.24) is 4.31 Å². The highest BCUT2D eigenvalue weighted by Crippen LogP contribution is 2.45. The average molecular weight is 393 g/mol. The van der Waals surface area contributed by atoms with E-state index < -0.39 is 52.5 Å². The fraction of sp³-hybridized carbons (Fsp3) is 0.929. The Kier molecular flexibility index (Phi) is 5.80. The molecule has 1 saturated heterocycles. The van der Waals surface area contributed by atoms with E-state index in [-0.39, 0.29) is 19.3 Å². The minimum absolute atomic E-state index is 0.0537. The van der Waals surface area contributed by atoms with Crippen molar-refractivity contribution in [2.24, 2.45) is 17.4 Å². The number of carbonyl (C=O) groups is 1. The normalized spacial score (nSPS) is 28.9. The van der Waals surface area contributed by atoms with Gasteiger partial charge in [0.2, 0.25) is 0 Å². The Morgan fingerprint density at radius 1 is 1.35 bits per heavy atom. The van der Waals surface area contributed by atoms with E-state index >= 15 is 0 Å². The lowest BCUT2D eigenvalue weighted by Crippen LogP contribution is -2.55. The quantitative estimate of drug-likeness (QED) is 0.291. The van der Waals surface area contributed by atoms with E-state index in [2.05, 4.69) is 0 Å². The molecule has 0 aromatic rings. The first kappa shape index (κ1) is 21.5. The topological polar surface area (TPSA) is 176 Å². The summed E-state index contributed by atoms with van der Waals surface area (Å²) >= 11 is 0. The van der Waals surface area contributed by atoms with Gasteiger partial charge in [0, 0.05) is 24.5 Å². The van der Waals surface area contributed by atoms with Gasteiger partial charge in [0.05, 0.1) is 0 Å². The van der Waals surface area contributed by atoms with Crippen LogP contribution in [0.4, 0.5) is 0 Å². The molecule has 1 aliphatic heterocycles. The molecule has 2 rings (SSSR count). The van der Waals surface area contributed by atoms with Gasteiger partial charge < -0.3 is 26.6 Å². The van der Waals surface area contributed by atoms with E-state index in [1.807, 2.05) is 0 Å². The molecule has 26 heavy (non-hydrogen) atoms. The maximum atomic E-state index is 12.7. The summed E-state index contributed by atoms with van der Waals surface area (Å²) in [5, 5.41) is 27.4. The van der Waals surface area contributed by atoms with Crippen LogP contribution in [0.15, 0.2) is 0 Å². The lowest BCUT2D eigenvalue weighted by molar-refractivity contribution is -0.144. The van der Waals surface area contributed by atoms with Gasteiger partial charge in [-0.05, 0) is 39.4 Å². The van der Waals surface area contributed by atoms with Gasteiger partial charge in [-0.2, -0.15) is 12.7 Å². The predicted molar refractivity (Wildman–Crippen MR) is 94.1 cm³/mol. The molecule has 0 radical (unpaired) electrons. The molecule has 1 aliphatic carbocycles. The summed E-state index contributed by atoms with van der Waals surface area (Å²) in [4.78, 5) is 11.7. The number of nitrogens with zero attached hydrogens (tertiary/aromatic N) is 1. The van der Waals surface area contributed by atoms with Gasteiger partial charge >= 0.3 is 23.4 Å². The van der Waals surface area contributed by atoms with Crippen LogP contribution in [0.25, 0.3) is 0 Å². The predicted octanol–water partition coefficient (Wildman–Crippen LogP) is -1.52. The van der Waals surface area contributed by atoms with Crippen LogP contribution >= 0.6 is 0 Å². The van der Waals surface area contributed by atoms with E-state index in [0.29, 0.717) is 19.3 Å². The Morgan fingerprint density at radius 2 is 1.92 bits per heavy atom. The van der Waals surface area contributed by atoms with Crippen molar-refractivity contribution in [3.8, 4) is 0 Å². The zero-order valence-electron chi connectivity index (χ0n) is 15.1. The molecule has 2 aliphatic rings. The second-order valence-electron chi connectivity index (χ2n) is 7.95. The molecule has 0 spiro atoms. The minimum atomic E-state index is -4.23. The monoisotopic (exact) mass is 393 g/mol. The van der Waals surface area contributed by atoms with Crippen molar-refractivity contribution in [2.45, 2.75) is 62.5 Å². The molecule has 10 nitrogen and oxygen atoms in total. The summed E-state index contributed by atoms with van der Waals surface area (Å²) in [5.41, 5.74) is 8.48. The smallest absolute Gasteiger partial charge is 0.451 e. The number of aliphatic carboxylic acids is 1. The third-order valence-corrected chi connectivity index (χ3v) is 7.16. The highest BCUT2D eigenvalue weighted by molar-refractivity contribution is 7.84. The van der Waals surface area contributed by atoms with Crippen LogP contribution in [-0.4, -0.2) is 70.7 Å². The van der Waals surface area contributed by atoms with Crippen LogP contribution in [-0.2, 0) is 19.3 Å². The standard InChI is InChI=1S/C14H28BN3O7S/c1-12(2,13(16)5-6-13)25-26(23,24)18-8-10(4-3-7-15(21)22)14(17,9-18)11(19)20/h10,21-22H,3-9,16-17H2,1-2H3,(H,19,20)/t10-,14-/m0/s1. The maximum absolute atomic E-state index is 12.7. The molecule has 2 atom stereocenters. The van der Waals surface area contributed by atoms with Crippen molar-refractivity contribution in [3.05, 3.63) is 0 Å². The largest absolute Gasteiger partial charge is 0.480 e.